The minimum Gasteiger partial charge on any atom is -0.299 e. The average Bonchev–Trinajstić information content (AvgIpc) is 3.49. The molecule has 0 atom stereocenters. The molecule has 6 rings (SSSR count). The number of likely N-dealkylation sites (tertiary alicyclic amines) is 1. The van der Waals surface area contributed by atoms with Crippen LogP contribution < -0.4 is 0 Å². The van der Waals surface area contributed by atoms with Crippen LogP contribution in [0.4, 0.5) is 0 Å². The summed E-state index contributed by atoms with van der Waals surface area (Å²) >= 11 is 6.34. The Morgan fingerprint density at radius 2 is 1.64 bits per heavy atom. The van der Waals surface area contributed by atoms with E-state index >= 15 is 0 Å². The Balaban J connectivity index is 1.13. The molecule has 0 amide bonds. The van der Waals surface area contributed by atoms with Crippen LogP contribution in [-0.4, -0.2) is 38.2 Å². The summed E-state index contributed by atoms with van der Waals surface area (Å²) in [6.45, 7) is 2.99. The van der Waals surface area contributed by atoms with E-state index in [1.165, 1.54) is 11.3 Å². The summed E-state index contributed by atoms with van der Waals surface area (Å²) in [6.07, 6.45) is 5.80. The van der Waals surface area contributed by atoms with Crippen LogP contribution in [0.3, 0.4) is 0 Å². The lowest BCUT2D eigenvalue weighted by molar-refractivity contribution is 0.203. The van der Waals surface area contributed by atoms with Gasteiger partial charge in [0.05, 0.1) is 17.0 Å². The van der Waals surface area contributed by atoms with Crippen LogP contribution in [0.1, 0.15) is 35.6 Å². The molecule has 0 radical (unpaired) electrons. The zero-order valence-corrected chi connectivity index (χ0v) is 22.1. The number of nitrogens with one attached hydrogen (secondary N) is 1. The van der Waals surface area contributed by atoms with E-state index in [9.17, 15) is 5.26 Å². The summed E-state index contributed by atoms with van der Waals surface area (Å²) in [7, 11) is 0. The molecule has 6 nitrogen and oxygen atoms in total. The molecule has 1 aliphatic heterocycles. The van der Waals surface area contributed by atoms with Crippen LogP contribution in [0.5, 0.6) is 0 Å². The lowest BCUT2D eigenvalue weighted by Crippen LogP contribution is -2.32. The number of benzene rings is 2. The molecule has 1 N–H and O–H groups in total. The predicted molar refractivity (Wildman–Crippen MR) is 154 cm³/mol. The fourth-order valence-electron chi connectivity index (χ4n) is 5.27. The molecular weight excluding hydrogens is 504 g/mol. The van der Waals surface area contributed by atoms with Gasteiger partial charge >= 0.3 is 0 Å². The van der Waals surface area contributed by atoms with E-state index in [2.05, 4.69) is 61.5 Å². The Morgan fingerprint density at radius 1 is 0.897 bits per heavy atom. The topological polar surface area (TPSA) is 81.5 Å². The highest BCUT2D eigenvalue weighted by molar-refractivity contribution is 6.30. The monoisotopic (exact) mass is 530 g/mol. The van der Waals surface area contributed by atoms with Crippen molar-refractivity contribution in [2.75, 3.05) is 13.1 Å². The number of aromatic nitrogens is 4. The van der Waals surface area contributed by atoms with Crippen LogP contribution in [0.2, 0.25) is 5.15 Å². The lowest BCUT2D eigenvalue weighted by Gasteiger charge is -2.31. The van der Waals surface area contributed by atoms with Crippen molar-refractivity contribution in [3.8, 4) is 39.7 Å². The van der Waals surface area contributed by atoms with Gasteiger partial charge in [0.25, 0.3) is 0 Å². The first kappa shape index (κ1) is 25.0. The van der Waals surface area contributed by atoms with Crippen LogP contribution >= 0.6 is 11.6 Å². The minimum absolute atomic E-state index is 0.226. The molecule has 0 unspecified atom stereocenters. The van der Waals surface area contributed by atoms with E-state index in [-0.39, 0.29) is 5.15 Å². The number of hydrogen-bond donors (Lipinski definition) is 1. The van der Waals surface area contributed by atoms with Gasteiger partial charge in [-0.15, -0.1) is 0 Å². The van der Waals surface area contributed by atoms with Gasteiger partial charge in [0.2, 0.25) is 0 Å². The first-order valence-electron chi connectivity index (χ1n) is 13.1. The third-order valence-electron chi connectivity index (χ3n) is 7.42. The van der Waals surface area contributed by atoms with Gasteiger partial charge in [-0.3, -0.25) is 15.0 Å². The molecule has 0 bridgehead atoms. The standard InChI is InChI=1S/C32H27ClN6/c33-32-27(20-34)18-28(23-4-2-1-3-5-23)31(36-32)26-8-6-22(7-9-26)21-39-16-12-25(13-17-39)30-19-29(37-38-30)24-10-14-35-15-11-24/h1-11,14-15,18-19,25H,12-13,16-17,21H2,(H,37,38). The van der Waals surface area contributed by atoms with Crippen molar-refractivity contribution in [1.82, 2.24) is 25.1 Å². The average molecular weight is 531 g/mol. The van der Waals surface area contributed by atoms with Gasteiger partial charge in [-0.25, -0.2) is 4.98 Å². The third kappa shape index (κ3) is 5.46. The number of aromatic amines is 1. The van der Waals surface area contributed by atoms with Crippen LogP contribution in [0.25, 0.3) is 33.6 Å². The van der Waals surface area contributed by atoms with E-state index in [0.717, 1.165) is 66.1 Å². The molecule has 4 heterocycles. The summed E-state index contributed by atoms with van der Waals surface area (Å²) < 4.78 is 0. The van der Waals surface area contributed by atoms with Gasteiger partial charge in [-0.1, -0.05) is 66.2 Å². The zero-order chi connectivity index (χ0) is 26.6. The maximum absolute atomic E-state index is 9.49. The third-order valence-corrected chi connectivity index (χ3v) is 7.70. The van der Waals surface area contributed by atoms with Gasteiger partial charge < -0.3 is 0 Å². The quantitative estimate of drug-likeness (QED) is 0.237. The fraction of sp³-hybridized carbons (Fsp3) is 0.188. The lowest BCUT2D eigenvalue weighted by atomic mass is 9.92. The van der Waals surface area contributed by atoms with Crippen LogP contribution in [0, 0.1) is 11.3 Å². The number of H-pyrrole nitrogens is 1. The molecule has 0 saturated carbocycles. The molecule has 192 valence electrons. The smallest absolute Gasteiger partial charge is 0.147 e. The Morgan fingerprint density at radius 3 is 2.36 bits per heavy atom. The summed E-state index contributed by atoms with van der Waals surface area (Å²) in [5, 5.41) is 17.5. The highest BCUT2D eigenvalue weighted by Crippen LogP contribution is 2.34. The summed E-state index contributed by atoms with van der Waals surface area (Å²) in [4.78, 5) is 11.2. The van der Waals surface area contributed by atoms with Crippen LogP contribution in [-0.2, 0) is 6.54 Å². The predicted octanol–water partition coefficient (Wildman–Crippen LogP) is 7.11. The Hall–Kier alpha value is -4.31. The van der Waals surface area contributed by atoms with E-state index < -0.39 is 0 Å². The minimum atomic E-state index is 0.226. The second-order valence-corrected chi connectivity index (χ2v) is 10.3. The van der Waals surface area contributed by atoms with E-state index in [1.807, 2.05) is 48.5 Å². The summed E-state index contributed by atoms with van der Waals surface area (Å²) in [5.41, 5.74) is 8.58. The van der Waals surface area contributed by atoms with Gasteiger partial charge in [0.15, 0.2) is 0 Å². The van der Waals surface area contributed by atoms with Crippen molar-refractivity contribution in [3.05, 3.63) is 113 Å². The molecule has 1 fully saturated rings. The Bertz CT molecular complexity index is 1600. The molecule has 2 aromatic carbocycles. The number of rotatable bonds is 6. The first-order valence-corrected chi connectivity index (χ1v) is 13.5. The van der Waals surface area contributed by atoms with Crippen molar-refractivity contribution >= 4 is 11.6 Å². The van der Waals surface area contributed by atoms with E-state index in [4.69, 9.17) is 11.6 Å². The number of pyridine rings is 2. The SMILES string of the molecule is N#Cc1cc(-c2ccccc2)c(-c2ccc(CN3CCC(c4cc(-c5ccncc5)n[nH]4)CC3)cc2)nc1Cl. The fourth-order valence-corrected chi connectivity index (χ4v) is 5.45. The van der Waals surface area contributed by atoms with Crippen molar-refractivity contribution < 1.29 is 0 Å². The molecule has 7 heteroatoms. The second kappa shape index (κ2) is 11.2. The number of nitriles is 1. The summed E-state index contributed by atoms with van der Waals surface area (Å²) in [6, 6.07) is 28.7. The largest absolute Gasteiger partial charge is 0.299 e. The van der Waals surface area contributed by atoms with E-state index in [1.54, 1.807) is 12.4 Å². The molecule has 5 aromatic rings. The van der Waals surface area contributed by atoms with Crippen molar-refractivity contribution in [2.24, 2.45) is 0 Å². The normalized spacial score (nSPS) is 14.3. The van der Waals surface area contributed by atoms with Crippen molar-refractivity contribution in [2.45, 2.75) is 25.3 Å². The molecular formula is C32H27ClN6. The number of hydrogen-bond acceptors (Lipinski definition) is 5. The van der Waals surface area contributed by atoms with E-state index in [0.29, 0.717) is 11.5 Å². The molecule has 0 aliphatic carbocycles. The molecule has 1 saturated heterocycles. The highest BCUT2D eigenvalue weighted by atomic mass is 35.5. The molecule has 0 spiro atoms. The maximum Gasteiger partial charge on any atom is 0.147 e. The second-order valence-electron chi connectivity index (χ2n) is 9.89. The zero-order valence-electron chi connectivity index (χ0n) is 21.4. The highest BCUT2D eigenvalue weighted by Gasteiger charge is 2.23. The first-order chi connectivity index (χ1) is 19.2. The van der Waals surface area contributed by atoms with Crippen LogP contribution in [0.15, 0.2) is 91.3 Å². The van der Waals surface area contributed by atoms with Gasteiger partial charge in [-0.05, 0) is 61.3 Å². The number of piperidine rings is 1. The molecule has 39 heavy (non-hydrogen) atoms. The molecule has 3 aromatic heterocycles. The van der Waals surface area contributed by atoms with Crippen molar-refractivity contribution in [1.29, 1.82) is 5.26 Å². The molecule has 1 aliphatic rings. The Kier molecular flexibility index (Phi) is 7.18. The number of nitrogens with zero attached hydrogens (tertiary/aromatic N) is 5. The van der Waals surface area contributed by atoms with Gasteiger partial charge in [0.1, 0.15) is 11.2 Å². The van der Waals surface area contributed by atoms with Gasteiger partial charge in [0, 0.05) is 47.2 Å². The number of halogens is 1. The Labute approximate surface area is 233 Å². The maximum atomic E-state index is 9.49. The van der Waals surface area contributed by atoms with Crippen molar-refractivity contribution in [3.63, 3.8) is 0 Å². The van der Waals surface area contributed by atoms with Gasteiger partial charge in [-0.2, -0.15) is 10.4 Å². The summed E-state index contributed by atoms with van der Waals surface area (Å²) in [5.74, 6) is 0.496.